The highest BCUT2D eigenvalue weighted by Crippen LogP contribution is 2.22. The van der Waals surface area contributed by atoms with E-state index < -0.39 is 18.2 Å². The average molecular weight is 249 g/mol. The lowest BCUT2D eigenvalue weighted by Crippen LogP contribution is -2.18. The first-order valence-electron chi connectivity index (χ1n) is 4.70. The molecule has 1 rings (SSSR count). The van der Waals surface area contributed by atoms with Crippen LogP contribution in [0.5, 0.6) is 0 Å². The summed E-state index contributed by atoms with van der Waals surface area (Å²) in [7, 11) is 1.23. The third-order valence-corrected chi connectivity index (χ3v) is 2.29. The van der Waals surface area contributed by atoms with Crippen molar-refractivity contribution in [2.24, 2.45) is 0 Å². The SMILES string of the molecule is COC(=O)c1ccc(C(O)C(O)CCCl)o1. The minimum Gasteiger partial charge on any atom is -0.463 e. The Balaban J connectivity index is 2.73. The maximum absolute atomic E-state index is 11.1. The maximum atomic E-state index is 11.1. The van der Waals surface area contributed by atoms with E-state index in [1.807, 2.05) is 0 Å². The number of esters is 1. The second-order valence-electron chi connectivity index (χ2n) is 3.18. The molecule has 0 spiro atoms. The van der Waals surface area contributed by atoms with Crippen LogP contribution >= 0.6 is 11.6 Å². The van der Waals surface area contributed by atoms with Crippen molar-refractivity contribution < 1.29 is 24.2 Å². The maximum Gasteiger partial charge on any atom is 0.373 e. The molecule has 0 aliphatic rings. The third kappa shape index (κ3) is 2.98. The van der Waals surface area contributed by atoms with E-state index >= 15 is 0 Å². The summed E-state index contributed by atoms with van der Waals surface area (Å²) >= 11 is 5.43. The predicted molar refractivity (Wildman–Crippen MR) is 56.4 cm³/mol. The highest BCUT2D eigenvalue weighted by atomic mass is 35.5. The zero-order chi connectivity index (χ0) is 12.1. The van der Waals surface area contributed by atoms with Crippen molar-refractivity contribution in [1.82, 2.24) is 0 Å². The van der Waals surface area contributed by atoms with Crippen molar-refractivity contribution in [2.45, 2.75) is 18.6 Å². The molecule has 1 aromatic rings. The Morgan fingerprint density at radius 1 is 1.56 bits per heavy atom. The number of alkyl halides is 1. The number of aliphatic hydroxyl groups excluding tert-OH is 2. The van der Waals surface area contributed by atoms with Gasteiger partial charge < -0.3 is 19.4 Å². The molecule has 1 heterocycles. The first kappa shape index (κ1) is 13.0. The Hall–Kier alpha value is -1.04. The molecular weight excluding hydrogens is 236 g/mol. The van der Waals surface area contributed by atoms with Crippen LogP contribution in [0.25, 0.3) is 0 Å². The molecule has 1 aromatic heterocycles. The van der Waals surface area contributed by atoms with Gasteiger partial charge in [-0.2, -0.15) is 0 Å². The van der Waals surface area contributed by atoms with Gasteiger partial charge in [0.2, 0.25) is 5.76 Å². The van der Waals surface area contributed by atoms with Crippen LogP contribution in [0.4, 0.5) is 0 Å². The van der Waals surface area contributed by atoms with Gasteiger partial charge in [0.15, 0.2) is 0 Å². The first-order valence-corrected chi connectivity index (χ1v) is 5.23. The van der Waals surface area contributed by atoms with Crippen LogP contribution in [0.3, 0.4) is 0 Å². The van der Waals surface area contributed by atoms with Crippen LogP contribution < -0.4 is 0 Å². The fourth-order valence-electron chi connectivity index (χ4n) is 1.18. The van der Waals surface area contributed by atoms with Gasteiger partial charge in [0.05, 0.1) is 13.2 Å². The zero-order valence-electron chi connectivity index (χ0n) is 8.72. The van der Waals surface area contributed by atoms with Gasteiger partial charge in [0.25, 0.3) is 0 Å². The quantitative estimate of drug-likeness (QED) is 0.602. The van der Waals surface area contributed by atoms with Crippen LogP contribution in [-0.4, -0.2) is 35.3 Å². The Labute approximate surface area is 97.6 Å². The molecule has 0 saturated carbocycles. The molecule has 0 aromatic carbocycles. The van der Waals surface area contributed by atoms with E-state index in [1.165, 1.54) is 19.2 Å². The van der Waals surface area contributed by atoms with Crippen molar-refractivity contribution in [3.05, 3.63) is 23.7 Å². The number of ether oxygens (including phenoxy) is 1. The first-order chi connectivity index (χ1) is 7.60. The molecule has 0 bridgehead atoms. The molecular formula is C10H13ClO5. The predicted octanol–water partition coefficient (Wildman–Crippen LogP) is 1.09. The molecule has 0 aliphatic carbocycles. The third-order valence-electron chi connectivity index (χ3n) is 2.07. The Kier molecular flexibility index (Phi) is 4.79. The number of hydrogen-bond donors (Lipinski definition) is 2. The van der Waals surface area contributed by atoms with Crippen molar-refractivity contribution in [1.29, 1.82) is 0 Å². The van der Waals surface area contributed by atoms with Gasteiger partial charge in [0.1, 0.15) is 11.9 Å². The van der Waals surface area contributed by atoms with Crippen molar-refractivity contribution >= 4 is 17.6 Å². The number of methoxy groups -OCH3 is 1. The summed E-state index contributed by atoms with van der Waals surface area (Å²) in [6.45, 7) is 0. The number of carbonyl (C=O) groups excluding carboxylic acids is 1. The van der Waals surface area contributed by atoms with E-state index in [4.69, 9.17) is 16.0 Å². The second-order valence-corrected chi connectivity index (χ2v) is 3.56. The largest absolute Gasteiger partial charge is 0.463 e. The molecule has 0 fully saturated rings. The van der Waals surface area contributed by atoms with Crippen LogP contribution in [-0.2, 0) is 4.74 Å². The molecule has 6 heteroatoms. The van der Waals surface area contributed by atoms with E-state index in [-0.39, 0.29) is 23.8 Å². The number of aliphatic hydroxyl groups is 2. The molecule has 0 saturated heterocycles. The van der Waals surface area contributed by atoms with E-state index in [2.05, 4.69) is 4.74 Å². The minimum atomic E-state index is -1.20. The molecule has 5 nitrogen and oxygen atoms in total. The number of carbonyl (C=O) groups is 1. The molecule has 2 unspecified atom stereocenters. The summed E-state index contributed by atoms with van der Waals surface area (Å²) in [5.41, 5.74) is 0. The summed E-state index contributed by atoms with van der Waals surface area (Å²) in [5, 5.41) is 19.1. The van der Waals surface area contributed by atoms with Crippen LogP contribution in [0.2, 0.25) is 0 Å². The molecule has 90 valence electrons. The van der Waals surface area contributed by atoms with E-state index in [1.54, 1.807) is 0 Å². The van der Waals surface area contributed by atoms with E-state index in [9.17, 15) is 15.0 Å². The lowest BCUT2D eigenvalue weighted by Gasteiger charge is -2.13. The summed E-state index contributed by atoms with van der Waals surface area (Å²) in [4.78, 5) is 11.1. The van der Waals surface area contributed by atoms with Crippen LogP contribution in [0, 0.1) is 0 Å². The standard InChI is InChI=1S/C10H13ClO5/c1-15-10(14)8-3-2-7(16-8)9(13)6(12)4-5-11/h2-3,6,9,12-13H,4-5H2,1H3. The van der Waals surface area contributed by atoms with Gasteiger partial charge in [-0.3, -0.25) is 0 Å². The van der Waals surface area contributed by atoms with Gasteiger partial charge in [-0.05, 0) is 18.6 Å². The smallest absolute Gasteiger partial charge is 0.373 e. The Bertz CT molecular complexity index is 349. The lowest BCUT2D eigenvalue weighted by molar-refractivity contribution is 0.00308. The fraction of sp³-hybridized carbons (Fsp3) is 0.500. The number of hydrogen-bond acceptors (Lipinski definition) is 5. The van der Waals surface area contributed by atoms with Crippen molar-refractivity contribution in [2.75, 3.05) is 13.0 Å². The van der Waals surface area contributed by atoms with Gasteiger partial charge in [0, 0.05) is 5.88 Å². The molecule has 0 amide bonds. The van der Waals surface area contributed by atoms with Gasteiger partial charge in [-0.1, -0.05) is 0 Å². The fourth-order valence-corrected chi connectivity index (χ4v) is 1.40. The molecule has 2 atom stereocenters. The normalized spacial score (nSPS) is 14.5. The monoisotopic (exact) mass is 248 g/mol. The van der Waals surface area contributed by atoms with Crippen LogP contribution in [0.1, 0.15) is 28.8 Å². The van der Waals surface area contributed by atoms with E-state index in [0.717, 1.165) is 0 Å². The zero-order valence-corrected chi connectivity index (χ0v) is 9.48. The van der Waals surface area contributed by atoms with Crippen LogP contribution in [0.15, 0.2) is 16.5 Å². The van der Waals surface area contributed by atoms with Gasteiger partial charge in [-0.25, -0.2) is 4.79 Å². The summed E-state index contributed by atoms with van der Waals surface area (Å²) < 4.78 is 9.48. The highest BCUT2D eigenvalue weighted by molar-refractivity contribution is 6.17. The topological polar surface area (TPSA) is 79.9 Å². The summed E-state index contributed by atoms with van der Waals surface area (Å²) in [5.74, 6) is -0.319. The minimum absolute atomic E-state index is 0.0189. The molecule has 2 N–H and O–H groups in total. The Morgan fingerprint density at radius 3 is 2.81 bits per heavy atom. The molecule has 0 radical (unpaired) electrons. The number of furan rings is 1. The summed E-state index contributed by atoms with van der Waals surface area (Å²) in [6.07, 6.45) is -1.98. The number of rotatable bonds is 5. The van der Waals surface area contributed by atoms with Crippen molar-refractivity contribution in [3.8, 4) is 0 Å². The Morgan fingerprint density at radius 2 is 2.25 bits per heavy atom. The number of halogens is 1. The second kappa shape index (κ2) is 5.89. The van der Waals surface area contributed by atoms with Gasteiger partial charge >= 0.3 is 5.97 Å². The highest BCUT2D eigenvalue weighted by Gasteiger charge is 2.22. The molecule has 16 heavy (non-hydrogen) atoms. The van der Waals surface area contributed by atoms with Gasteiger partial charge in [-0.15, -0.1) is 11.6 Å². The lowest BCUT2D eigenvalue weighted by atomic mass is 10.1. The van der Waals surface area contributed by atoms with E-state index in [0.29, 0.717) is 0 Å². The average Bonchev–Trinajstić information content (AvgIpc) is 2.76. The molecule has 0 aliphatic heterocycles. The van der Waals surface area contributed by atoms with Crippen molar-refractivity contribution in [3.63, 3.8) is 0 Å². The summed E-state index contributed by atoms with van der Waals surface area (Å²) in [6, 6.07) is 2.78.